The fraction of sp³-hybridized carbons (Fsp3) is 0.310. The molecule has 38 heavy (non-hydrogen) atoms. The zero-order valence-corrected chi connectivity index (χ0v) is 21.2. The maximum Gasteiger partial charge on any atom is 0.328 e. The zero-order valence-electron chi connectivity index (χ0n) is 21.2. The van der Waals surface area contributed by atoms with E-state index in [1.165, 1.54) is 22.5 Å². The molecular formula is C29H29N5O4. The highest BCUT2D eigenvalue weighted by molar-refractivity contribution is 6.24. The Morgan fingerprint density at radius 2 is 1.63 bits per heavy atom. The number of urea groups is 1. The molecule has 3 aliphatic rings. The quantitative estimate of drug-likeness (QED) is 0.502. The van der Waals surface area contributed by atoms with Crippen molar-refractivity contribution in [1.82, 2.24) is 15.6 Å². The summed E-state index contributed by atoms with van der Waals surface area (Å²) in [5, 5.41) is 4.46. The van der Waals surface area contributed by atoms with Crippen molar-refractivity contribution in [3.63, 3.8) is 0 Å². The van der Waals surface area contributed by atoms with E-state index in [0.29, 0.717) is 36.7 Å². The molecule has 0 aliphatic carbocycles. The number of anilines is 3. The van der Waals surface area contributed by atoms with Crippen LogP contribution in [0.2, 0.25) is 0 Å². The van der Waals surface area contributed by atoms with Crippen LogP contribution in [0, 0.1) is 6.92 Å². The predicted octanol–water partition coefficient (Wildman–Crippen LogP) is 4.36. The van der Waals surface area contributed by atoms with E-state index in [1.807, 2.05) is 6.07 Å². The first-order valence-corrected chi connectivity index (χ1v) is 13.0. The monoisotopic (exact) mass is 511 g/mol. The van der Waals surface area contributed by atoms with Crippen LogP contribution in [0.25, 0.3) is 0 Å². The number of carbonyl (C=O) groups is 3. The zero-order chi connectivity index (χ0) is 26.3. The molecule has 2 N–H and O–H groups in total. The predicted molar refractivity (Wildman–Crippen MR) is 143 cm³/mol. The molecule has 4 amide bonds. The van der Waals surface area contributed by atoms with Gasteiger partial charge in [-0.3, -0.25) is 20.2 Å². The maximum atomic E-state index is 12.7. The average molecular weight is 512 g/mol. The first-order valence-electron chi connectivity index (χ1n) is 13.0. The molecule has 2 aromatic carbocycles. The van der Waals surface area contributed by atoms with Crippen LogP contribution in [0.15, 0.2) is 60.8 Å². The van der Waals surface area contributed by atoms with Gasteiger partial charge in [0.2, 0.25) is 5.88 Å². The van der Waals surface area contributed by atoms with Crippen LogP contribution in [-0.2, 0) is 16.0 Å². The van der Waals surface area contributed by atoms with E-state index in [4.69, 9.17) is 4.74 Å². The Morgan fingerprint density at radius 1 is 0.868 bits per heavy atom. The molecule has 194 valence electrons. The van der Waals surface area contributed by atoms with E-state index in [2.05, 4.69) is 63.8 Å². The van der Waals surface area contributed by atoms with E-state index < -0.39 is 23.4 Å². The molecule has 2 fully saturated rings. The van der Waals surface area contributed by atoms with Gasteiger partial charge in [-0.1, -0.05) is 17.7 Å². The summed E-state index contributed by atoms with van der Waals surface area (Å²) >= 11 is 0. The number of nitrogens with zero attached hydrogens (tertiary/aromatic N) is 3. The van der Waals surface area contributed by atoms with Gasteiger partial charge in [-0.25, -0.2) is 9.78 Å². The number of aromatic nitrogens is 1. The number of carbonyl (C=O) groups excluding carboxylic acids is 3. The molecule has 4 heterocycles. The molecule has 1 spiro atoms. The first kappa shape index (κ1) is 24.0. The van der Waals surface area contributed by atoms with Crippen LogP contribution >= 0.6 is 0 Å². The lowest BCUT2D eigenvalue weighted by molar-refractivity contribution is -0.137. The van der Waals surface area contributed by atoms with E-state index >= 15 is 0 Å². The second kappa shape index (κ2) is 9.48. The van der Waals surface area contributed by atoms with E-state index in [9.17, 15) is 14.4 Å². The molecule has 0 radical (unpaired) electrons. The Labute approximate surface area is 220 Å². The first-order chi connectivity index (χ1) is 18.4. The van der Waals surface area contributed by atoms with Gasteiger partial charge in [0.15, 0.2) is 5.54 Å². The number of aryl methyl sites for hydroxylation is 2. The normalized spacial score (nSPS) is 18.6. The molecule has 9 heteroatoms. The van der Waals surface area contributed by atoms with Gasteiger partial charge in [0, 0.05) is 30.5 Å². The van der Waals surface area contributed by atoms with Crippen molar-refractivity contribution in [2.24, 2.45) is 0 Å². The topological polar surface area (TPSA) is 104 Å². The number of barbiturate groups is 1. The molecular weight excluding hydrogens is 482 g/mol. The second-order valence-electron chi connectivity index (χ2n) is 10.0. The van der Waals surface area contributed by atoms with Gasteiger partial charge in [0.1, 0.15) is 5.75 Å². The van der Waals surface area contributed by atoms with Crippen LogP contribution in [0.1, 0.15) is 36.8 Å². The molecule has 6 rings (SSSR count). The van der Waals surface area contributed by atoms with Crippen LogP contribution in [-0.4, -0.2) is 41.5 Å². The highest BCUT2D eigenvalue weighted by Gasteiger charge is 2.57. The van der Waals surface area contributed by atoms with E-state index in [-0.39, 0.29) is 0 Å². The third kappa shape index (κ3) is 4.13. The summed E-state index contributed by atoms with van der Waals surface area (Å²) in [4.78, 5) is 45.6. The average Bonchev–Trinajstić information content (AvgIpc) is 3.25. The van der Waals surface area contributed by atoms with Crippen LogP contribution in [0.3, 0.4) is 0 Å². The summed E-state index contributed by atoms with van der Waals surface area (Å²) in [5.41, 5.74) is 4.03. The van der Waals surface area contributed by atoms with Gasteiger partial charge < -0.3 is 14.5 Å². The van der Waals surface area contributed by atoms with Crippen LogP contribution in [0.4, 0.5) is 21.9 Å². The highest BCUT2D eigenvalue weighted by Crippen LogP contribution is 2.38. The number of hydrogen-bond acceptors (Lipinski definition) is 7. The minimum absolute atomic E-state index is 0.324. The molecule has 9 nitrogen and oxygen atoms in total. The van der Waals surface area contributed by atoms with E-state index in [0.717, 1.165) is 25.8 Å². The standard InChI is InChI=1S/C29H29N5O4/c1-19-6-8-21(9-7-19)33-15-3-2-5-20-17-23(11-12-24(20)33)38-25-13-10-22(18-30-25)34-16-4-14-29(34)26(35)31-28(37)32-27(29)36/h6-13,17-18H,2-5,14-16H2,1H3,(H2,31,32,35,36,37). The summed E-state index contributed by atoms with van der Waals surface area (Å²) in [7, 11) is 0. The lowest BCUT2D eigenvalue weighted by Crippen LogP contribution is -2.71. The fourth-order valence-electron chi connectivity index (χ4n) is 5.69. The molecule has 0 unspecified atom stereocenters. The van der Waals surface area contributed by atoms with Crippen molar-refractivity contribution in [3.05, 3.63) is 71.9 Å². The Morgan fingerprint density at radius 3 is 2.37 bits per heavy atom. The Bertz CT molecular complexity index is 1380. The Balaban J connectivity index is 1.22. The van der Waals surface area contributed by atoms with Crippen molar-refractivity contribution in [2.75, 3.05) is 22.9 Å². The van der Waals surface area contributed by atoms with E-state index in [1.54, 1.807) is 23.2 Å². The summed E-state index contributed by atoms with van der Waals surface area (Å²) in [6.45, 7) is 3.57. The molecule has 0 saturated carbocycles. The number of fused-ring (bicyclic) bond motifs is 1. The molecule has 3 aliphatic heterocycles. The van der Waals surface area contributed by atoms with Gasteiger partial charge in [0.05, 0.1) is 11.9 Å². The van der Waals surface area contributed by atoms with Crippen LogP contribution in [0.5, 0.6) is 11.6 Å². The molecule has 0 atom stereocenters. The summed E-state index contributed by atoms with van der Waals surface area (Å²) in [6.07, 6.45) is 5.76. The number of benzene rings is 2. The summed E-state index contributed by atoms with van der Waals surface area (Å²) in [6, 6.07) is 17.5. The minimum atomic E-state index is -1.45. The number of pyridine rings is 1. The number of imide groups is 2. The number of hydrogen-bond donors (Lipinski definition) is 2. The number of rotatable bonds is 4. The molecule has 2 saturated heterocycles. The lowest BCUT2D eigenvalue weighted by Gasteiger charge is -2.38. The number of amides is 4. The third-order valence-electron chi connectivity index (χ3n) is 7.61. The van der Waals surface area contributed by atoms with Crippen molar-refractivity contribution < 1.29 is 19.1 Å². The second-order valence-corrected chi connectivity index (χ2v) is 10.0. The van der Waals surface area contributed by atoms with Crippen LogP contribution < -0.4 is 25.2 Å². The smallest absolute Gasteiger partial charge is 0.328 e. The molecule has 1 aromatic heterocycles. The van der Waals surface area contributed by atoms with Crippen molar-refractivity contribution >= 4 is 34.9 Å². The van der Waals surface area contributed by atoms with Crippen molar-refractivity contribution in [1.29, 1.82) is 0 Å². The van der Waals surface area contributed by atoms with Gasteiger partial charge in [0.25, 0.3) is 11.8 Å². The molecule has 3 aromatic rings. The lowest BCUT2D eigenvalue weighted by atomic mass is 9.92. The minimum Gasteiger partial charge on any atom is -0.439 e. The Kier molecular flexibility index (Phi) is 5.98. The fourth-order valence-corrected chi connectivity index (χ4v) is 5.69. The number of nitrogens with one attached hydrogen (secondary N) is 2. The van der Waals surface area contributed by atoms with Crippen molar-refractivity contribution in [3.8, 4) is 11.6 Å². The summed E-state index contributed by atoms with van der Waals surface area (Å²) in [5.74, 6) is -0.0851. The van der Waals surface area contributed by atoms with Gasteiger partial charge in [-0.15, -0.1) is 0 Å². The third-order valence-corrected chi connectivity index (χ3v) is 7.61. The maximum absolute atomic E-state index is 12.7. The largest absolute Gasteiger partial charge is 0.439 e. The summed E-state index contributed by atoms with van der Waals surface area (Å²) < 4.78 is 6.10. The van der Waals surface area contributed by atoms with Gasteiger partial charge in [-0.05, 0) is 81.0 Å². The van der Waals surface area contributed by atoms with Gasteiger partial charge >= 0.3 is 6.03 Å². The SMILES string of the molecule is Cc1ccc(N2CCCCc3cc(Oc4ccc(N5CCCC56C(=O)NC(=O)NC6=O)cn4)ccc32)cc1. The number of ether oxygens (including phenoxy) is 1. The Hall–Kier alpha value is -4.40. The van der Waals surface area contributed by atoms with Crippen molar-refractivity contribution in [2.45, 2.75) is 44.6 Å². The van der Waals surface area contributed by atoms with Gasteiger partial charge in [-0.2, -0.15) is 0 Å². The molecule has 0 bridgehead atoms. The highest BCUT2D eigenvalue weighted by atomic mass is 16.5.